The predicted octanol–water partition coefficient (Wildman–Crippen LogP) is 3.67. The summed E-state index contributed by atoms with van der Waals surface area (Å²) in [4.78, 5) is 8.02. The lowest BCUT2D eigenvalue weighted by molar-refractivity contribution is -0.137. The molecule has 174 valence electrons. The van der Waals surface area contributed by atoms with Crippen molar-refractivity contribution in [1.82, 2.24) is 9.80 Å². The number of β-amino-alcohol motifs (C(OH)–C–C–N with tert-alkyl or cyclic N) is 1. The second-order valence-electron chi connectivity index (χ2n) is 8.23. The number of piperazine rings is 1. The number of hydrogen-bond acceptors (Lipinski definition) is 6. The molecule has 2 heterocycles. The second kappa shape index (κ2) is 10.0. The Balaban J connectivity index is 1.48. The fourth-order valence-electron chi connectivity index (χ4n) is 4.26. The van der Waals surface area contributed by atoms with E-state index in [4.69, 9.17) is 5.11 Å². The van der Waals surface area contributed by atoms with Crippen LogP contribution in [0.25, 0.3) is 0 Å². The number of para-hydroxylation sites is 1. The third-order valence-electron chi connectivity index (χ3n) is 5.91. The minimum atomic E-state index is -4.42. The van der Waals surface area contributed by atoms with Gasteiger partial charge in [0.2, 0.25) is 0 Å². The van der Waals surface area contributed by atoms with Crippen molar-refractivity contribution in [3.8, 4) is 0 Å². The molecule has 1 saturated heterocycles. The van der Waals surface area contributed by atoms with Crippen molar-refractivity contribution in [3.63, 3.8) is 0 Å². The third-order valence-corrected chi connectivity index (χ3v) is 7.04. The number of rotatable bonds is 7. The number of aliphatic hydroxyl groups excluding tert-OH is 2. The Morgan fingerprint density at radius 3 is 2.31 bits per heavy atom. The Kier molecular flexibility index (Phi) is 7.31. The van der Waals surface area contributed by atoms with Crippen LogP contribution in [0.3, 0.4) is 0 Å². The summed E-state index contributed by atoms with van der Waals surface area (Å²) in [5, 5.41) is 19.9. The van der Waals surface area contributed by atoms with E-state index in [0.717, 1.165) is 60.7 Å². The molecule has 0 aromatic heterocycles. The Bertz CT molecular complexity index is 920. The van der Waals surface area contributed by atoms with E-state index in [1.807, 2.05) is 29.2 Å². The molecule has 32 heavy (non-hydrogen) atoms. The summed E-state index contributed by atoms with van der Waals surface area (Å²) >= 11 is 1.45. The van der Waals surface area contributed by atoms with Gasteiger partial charge < -0.3 is 20.0 Å². The van der Waals surface area contributed by atoms with Gasteiger partial charge in [0.25, 0.3) is 0 Å². The van der Waals surface area contributed by atoms with E-state index in [-0.39, 0.29) is 13.2 Å². The van der Waals surface area contributed by atoms with E-state index >= 15 is 0 Å². The molecule has 1 atom stereocenters. The van der Waals surface area contributed by atoms with Crippen LogP contribution in [0.1, 0.15) is 12.0 Å². The molecule has 2 aromatic rings. The number of halogens is 3. The van der Waals surface area contributed by atoms with E-state index < -0.39 is 17.8 Å². The maximum Gasteiger partial charge on any atom is 0.416 e. The zero-order valence-electron chi connectivity index (χ0n) is 17.8. The lowest BCUT2D eigenvalue weighted by Gasteiger charge is -2.38. The first kappa shape index (κ1) is 23.4. The van der Waals surface area contributed by atoms with Gasteiger partial charge in [-0.15, -0.1) is 0 Å². The maximum atomic E-state index is 13.4. The van der Waals surface area contributed by atoms with E-state index in [2.05, 4.69) is 9.80 Å². The zero-order valence-corrected chi connectivity index (χ0v) is 18.6. The molecule has 0 amide bonds. The monoisotopic (exact) mass is 467 g/mol. The third kappa shape index (κ3) is 5.40. The number of hydrogen-bond donors (Lipinski definition) is 2. The number of fused-ring (bicyclic) bond motifs is 2. The lowest BCUT2D eigenvalue weighted by Crippen LogP contribution is -2.50. The Hall–Kier alpha value is -1.78. The van der Waals surface area contributed by atoms with Gasteiger partial charge in [-0.25, -0.2) is 0 Å². The minimum Gasteiger partial charge on any atom is -0.396 e. The number of aliphatic hydroxyl groups is 2. The number of anilines is 2. The van der Waals surface area contributed by atoms with Gasteiger partial charge in [-0.3, -0.25) is 4.90 Å². The molecule has 1 unspecified atom stereocenters. The summed E-state index contributed by atoms with van der Waals surface area (Å²) < 4.78 is 40.1. The molecule has 2 aliphatic rings. The molecule has 2 aliphatic heterocycles. The van der Waals surface area contributed by atoms with Crippen LogP contribution < -0.4 is 4.90 Å². The van der Waals surface area contributed by atoms with Crippen molar-refractivity contribution >= 4 is 23.1 Å². The van der Waals surface area contributed by atoms with Crippen molar-refractivity contribution in [2.75, 3.05) is 57.3 Å². The van der Waals surface area contributed by atoms with Crippen molar-refractivity contribution in [2.24, 2.45) is 0 Å². The van der Waals surface area contributed by atoms with Crippen LogP contribution in [0, 0.1) is 0 Å². The fourth-order valence-corrected chi connectivity index (χ4v) is 5.33. The Morgan fingerprint density at radius 2 is 1.59 bits per heavy atom. The van der Waals surface area contributed by atoms with Crippen LogP contribution >= 0.6 is 11.8 Å². The van der Waals surface area contributed by atoms with Crippen LogP contribution in [-0.2, 0) is 6.18 Å². The smallest absolute Gasteiger partial charge is 0.396 e. The van der Waals surface area contributed by atoms with E-state index in [1.54, 1.807) is 0 Å². The maximum absolute atomic E-state index is 13.4. The number of benzene rings is 2. The number of alkyl halides is 3. The molecule has 0 aliphatic carbocycles. The molecule has 1 fully saturated rings. The van der Waals surface area contributed by atoms with Crippen LogP contribution in [0.15, 0.2) is 52.3 Å². The molecule has 2 aromatic carbocycles. The summed E-state index contributed by atoms with van der Waals surface area (Å²) in [5.74, 6) is 0. The second-order valence-corrected chi connectivity index (χ2v) is 9.32. The molecule has 5 nitrogen and oxygen atoms in total. The van der Waals surface area contributed by atoms with Gasteiger partial charge in [0.1, 0.15) is 0 Å². The average molecular weight is 468 g/mol. The van der Waals surface area contributed by atoms with Gasteiger partial charge >= 0.3 is 6.18 Å². The van der Waals surface area contributed by atoms with Crippen LogP contribution in [0.5, 0.6) is 0 Å². The molecule has 0 bridgehead atoms. The zero-order chi connectivity index (χ0) is 22.7. The normalized spacial score (nSPS) is 18.3. The molecule has 9 heteroatoms. The lowest BCUT2D eigenvalue weighted by atomic mass is 10.1. The Labute approximate surface area is 190 Å². The van der Waals surface area contributed by atoms with Gasteiger partial charge in [0, 0.05) is 55.7 Å². The van der Waals surface area contributed by atoms with Gasteiger partial charge in [0.05, 0.1) is 29.6 Å². The first-order chi connectivity index (χ1) is 15.3. The standard InChI is InChI=1S/C23H28F3N3O2S/c24-23(25,26)17-6-7-22-20(14-17)29(19-4-1-2-5-21(19)32-22)16-18(31)15-28-11-9-27(10-12-28)8-3-13-30/h1-2,4-7,14,18,30-31H,3,8-13,15-16H2. The molecular formula is C23H28F3N3O2S. The largest absolute Gasteiger partial charge is 0.416 e. The summed E-state index contributed by atoms with van der Waals surface area (Å²) in [6, 6.07) is 11.4. The highest BCUT2D eigenvalue weighted by Gasteiger charge is 2.34. The first-order valence-electron chi connectivity index (χ1n) is 10.8. The van der Waals surface area contributed by atoms with Crippen molar-refractivity contribution in [3.05, 3.63) is 48.0 Å². The summed E-state index contributed by atoms with van der Waals surface area (Å²) in [7, 11) is 0. The highest BCUT2D eigenvalue weighted by Crippen LogP contribution is 2.49. The summed E-state index contributed by atoms with van der Waals surface area (Å²) in [6.45, 7) is 5.15. The van der Waals surface area contributed by atoms with Crippen molar-refractivity contribution in [1.29, 1.82) is 0 Å². The van der Waals surface area contributed by atoms with Gasteiger partial charge in [-0.2, -0.15) is 13.2 Å². The minimum absolute atomic E-state index is 0.187. The molecule has 0 spiro atoms. The summed E-state index contributed by atoms with van der Waals surface area (Å²) in [6.07, 6.45) is -4.37. The van der Waals surface area contributed by atoms with E-state index in [1.165, 1.54) is 23.9 Å². The Morgan fingerprint density at radius 1 is 0.906 bits per heavy atom. The molecule has 2 N–H and O–H groups in total. The highest BCUT2D eigenvalue weighted by atomic mass is 32.2. The van der Waals surface area contributed by atoms with Gasteiger partial charge in [-0.1, -0.05) is 23.9 Å². The van der Waals surface area contributed by atoms with E-state index in [9.17, 15) is 18.3 Å². The summed E-state index contributed by atoms with van der Waals surface area (Å²) in [5.41, 5.74) is 0.614. The predicted molar refractivity (Wildman–Crippen MR) is 120 cm³/mol. The van der Waals surface area contributed by atoms with Crippen LogP contribution in [0.2, 0.25) is 0 Å². The fraction of sp³-hybridized carbons (Fsp3) is 0.478. The average Bonchev–Trinajstić information content (AvgIpc) is 2.77. The van der Waals surface area contributed by atoms with Crippen molar-refractivity contribution < 1.29 is 23.4 Å². The number of nitrogens with zero attached hydrogens (tertiary/aromatic N) is 3. The quantitative estimate of drug-likeness (QED) is 0.648. The molecule has 0 saturated carbocycles. The SMILES string of the molecule is OCCCN1CCN(CC(O)CN2c3ccccc3Sc3ccc(C(F)(F)F)cc32)CC1. The first-order valence-corrected chi connectivity index (χ1v) is 11.7. The van der Waals surface area contributed by atoms with Crippen LogP contribution in [-0.4, -0.2) is 78.5 Å². The van der Waals surface area contributed by atoms with Gasteiger partial charge in [-0.05, 0) is 36.8 Å². The molecular weight excluding hydrogens is 439 g/mol. The topological polar surface area (TPSA) is 50.2 Å². The van der Waals surface area contributed by atoms with Crippen molar-refractivity contribution in [2.45, 2.75) is 28.5 Å². The molecule has 4 rings (SSSR count). The molecule has 0 radical (unpaired) electrons. The van der Waals surface area contributed by atoms with Crippen LogP contribution in [0.4, 0.5) is 24.5 Å². The van der Waals surface area contributed by atoms with Gasteiger partial charge in [0.15, 0.2) is 0 Å². The highest BCUT2D eigenvalue weighted by molar-refractivity contribution is 7.99. The van der Waals surface area contributed by atoms with E-state index in [0.29, 0.717) is 12.2 Å².